The maximum atomic E-state index is 14.9. The molecule has 37 heavy (non-hydrogen) atoms. The summed E-state index contributed by atoms with van der Waals surface area (Å²) in [6.07, 6.45) is -1.00. The molecule has 4 rings (SSSR count). The van der Waals surface area contributed by atoms with Gasteiger partial charge in [-0.1, -0.05) is 23.2 Å². The first kappa shape index (κ1) is 26.9. The Bertz CT molecular complexity index is 1410. The second-order valence-electron chi connectivity index (χ2n) is 8.36. The van der Waals surface area contributed by atoms with Crippen LogP contribution >= 0.6 is 23.2 Å². The Morgan fingerprint density at radius 1 is 1.03 bits per heavy atom. The minimum Gasteiger partial charge on any atom is -0.393 e. The molecule has 1 aliphatic heterocycles. The molecule has 1 aliphatic rings. The number of rotatable bonds is 4. The molecule has 194 valence electrons. The number of aliphatic hydroxyl groups is 2. The average molecular weight is 557 g/mol. The monoisotopic (exact) mass is 556 g/mol. The van der Waals surface area contributed by atoms with Gasteiger partial charge < -0.3 is 20.4 Å². The van der Waals surface area contributed by atoms with Crippen LogP contribution in [-0.4, -0.2) is 41.1 Å². The minimum absolute atomic E-state index is 0.0110. The molecule has 0 spiro atoms. The molecule has 0 fully saturated rings. The summed E-state index contributed by atoms with van der Waals surface area (Å²) in [5, 5.41) is 22.4. The lowest BCUT2D eigenvalue weighted by atomic mass is 9.86. The van der Waals surface area contributed by atoms with E-state index in [0.717, 1.165) is 41.3 Å². The van der Waals surface area contributed by atoms with Crippen molar-refractivity contribution in [2.75, 3.05) is 23.4 Å². The van der Waals surface area contributed by atoms with Crippen LogP contribution in [0.5, 0.6) is 0 Å². The first-order valence-electron chi connectivity index (χ1n) is 10.8. The third-order valence-electron chi connectivity index (χ3n) is 6.06. The second-order valence-corrected chi connectivity index (χ2v) is 9.21. The van der Waals surface area contributed by atoms with Gasteiger partial charge in [0.2, 0.25) is 0 Å². The molecule has 3 aromatic rings. The van der Waals surface area contributed by atoms with Gasteiger partial charge in [0.25, 0.3) is 17.7 Å². The summed E-state index contributed by atoms with van der Waals surface area (Å²) in [6.45, 7) is -1.90. The van der Waals surface area contributed by atoms with E-state index in [-0.39, 0.29) is 32.5 Å². The summed E-state index contributed by atoms with van der Waals surface area (Å²) in [7, 11) is 0. The third kappa shape index (κ3) is 4.89. The zero-order valence-corrected chi connectivity index (χ0v) is 20.3. The summed E-state index contributed by atoms with van der Waals surface area (Å²) in [5.74, 6) is -7.20. The number of fused-ring (bicyclic) bond motifs is 1. The number of alkyl halides is 2. The number of halogens is 6. The number of hydrogen-bond acceptors (Lipinski definition) is 4. The fraction of sp³-hybridized carbons (Fsp3) is 0.200. The van der Waals surface area contributed by atoms with Crippen molar-refractivity contribution >= 4 is 46.4 Å². The molecule has 6 nitrogen and oxygen atoms in total. The van der Waals surface area contributed by atoms with Crippen LogP contribution < -0.4 is 10.2 Å². The summed E-state index contributed by atoms with van der Waals surface area (Å²) in [5.41, 5.74) is -4.27. The molecule has 12 heteroatoms. The minimum atomic E-state index is -3.82. The lowest BCUT2D eigenvalue weighted by molar-refractivity contribution is -0.205. The number of amides is 2. The molecule has 0 radical (unpaired) electrons. The molecule has 3 N–H and O–H groups in total. The molecule has 1 atom stereocenters. The van der Waals surface area contributed by atoms with Gasteiger partial charge in [0.15, 0.2) is 5.60 Å². The average Bonchev–Trinajstić information content (AvgIpc) is 2.92. The fourth-order valence-electron chi connectivity index (χ4n) is 4.03. The van der Waals surface area contributed by atoms with Gasteiger partial charge in [-0.3, -0.25) is 9.59 Å². The van der Waals surface area contributed by atoms with E-state index < -0.39 is 60.1 Å². The van der Waals surface area contributed by atoms with E-state index in [1.807, 2.05) is 0 Å². The number of hydrogen-bond donors (Lipinski definition) is 3. The Morgan fingerprint density at radius 2 is 1.76 bits per heavy atom. The van der Waals surface area contributed by atoms with Gasteiger partial charge >= 0.3 is 0 Å². The number of benzene rings is 3. The number of aliphatic hydroxyl groups excluding tert-OH is 1. The molecule has 0 unspecified atom stereocenters. The molecule has 0 aromatic heterocycles. The summed E-state index contributed by atoms with van der Waals surface area (Å²) >= 11 is 11.8. The van der Waals surface area contributed by atoms with E-state index in [4.69, 9.17) is 23.2 Å². The van der Waals surface area contributed by atoms with Gasteiger partial charge in [-0.25, -0.2) is 17.6 Å². The summed E-state index contributed by atoms with van der Waals surface area (Å²) in [4.78, 5) is 26.7. The Labute approximate surface area is 218 Å². The standard InChI is InChI=1S/C25H18Cl2F4N2O4/c26-14-2-6-21-17(10-14)24(37,12-34)25(30,31)7-8-33(21)23(36)13-1-5-20(19(29)9-13)32-22(35)16-4-3-15(28)11-18(16)27/h1-6,9-11,34,37H,7-8,12H2,(H,32,35)/t24-/m0/s1. The highest BCUT2D eigenvalue weighted by Crippen LogP contribution is 2.47. The number of carbonyl (C=O) groups excluding carboxylic acids is 2. The van der Waals surface area contributed by atoms with Gasteiger partial charge in [-0.2, -0.15) is 0 Å². The van der Waals surface area contributed by atoms with Crippen LogP contribution in [0.2, 0.25) is 10.0 Å². The second kappa shape index (κ2) is 9.94. The van der Waals surface area contributed by atoms with Gasteiger partial charge in [0, 0.05) is 29.1 Å². The van der Waals surface area contributed by atoms with E-state index in [9.17, 15) is 37.4 Å². The van der Waals surface area contributed by atoms with Gasteiger partial charge in [0.05, 0.1) is 28.6 Å². The van der Waals surface area contributed by atoms with Crippen LogP contribution in [0, 0.1) is 11.6 Å². The molecule has 2 amide bonds. The number of nitrogens with one attached hydrogen (secondary N) is 1. The quantitative estimate of drug-likeness (QED) is 0.376. The SMILES string of the molecule is O=C(Nc1ccc(C(=O)N2CCC(F)(F)[C@](O)(CO)c3cc(Cl)ccc32)cc1F)c1ccc(F)cc1Cl. The number of nitrogens with zero attached hydrogens (tertiary/aromatic N) is 1. The molecular formula is C25H18Cl2F4N2O4. The highest BCUT2D eigenvalue weighted by atomic mass is 35.5. The van der Waals surface area contributed by atoms with Crippen LogP contribution in [0.15, 0.2) is 54.6 Å². The molecule has 0 saturated carbocycles. The van der Waals surface area contributed by atoms with E-state index in [2.05, 4.69) is 5.32 Å². The van der Waals surface area contributed by atoms with Crippen molar-refractivity contribution in [2.24, 2.45) is 0 Å². The van der Waals surface area contributed by atoms with E-state index in [1.165, 1.54) is 18.2 Å². The highest BCUT2D eigenvalue weighted by molar-refractivity contribution is 6.34. The Balaban J connectivity index is 1.66. The zero-order valence-electron chi connectivity index (χ0n) is 18.7. The van der Waals surface area contributed by atoms with Crippen molar-refractivity contribution < 1.29 is 37.4 Å². The molecule has 0 saturated heterocycles. The van der Waals surface area contributed by atoms with Gasteiger partial charge in [-0.05, 0) is 54.6 Å². The van der Waals surface area contributed by atoms with Crippen molar-refractivity contribution in [3.63, 3.8) is 0 Å². The van der Waals surface area contributed by atoms with Crippen molar-refractivity contribution in [2.45, 2.75) is 17.9 Å². The number of carbonyl (C=O) groups is 2. The van der Waals surface area contributed by atoms with Gasteiger partial charge in [-0.15, -0.1) is 0 Å². The van der Waals surface area contributed by atoms with E-state index >= 15 is 0 Å². The molecule has 1 heterocycles. The first-order valence-corrected chi connectivity index (χ1v) is 11.5. The van der Waals surface area contributed by atoms with Crippen molar-refractivity contribution in [1.82, 2.24) is 0 Å². The smallest absolute Gasteiger partial charge is 0.284 e. The molecule has 0 bridgehead atoms. The Morgan fingerprint density at radius 3 is 2.41 bits per heavy atom. The maximum Gasteiger partial charge on any atom is 0.284 e. The Hall–Kier alpha value is -3.18. The third-order valence-corrected chi connectivity index (χ3v) is 6.61. The van der Waals surface area contributed by atoms with Crippen LogP contribution in [0.1, 0.15) is 32.7 Å². The maximum absolute atomic E-state index is 14.9. The predicted octanol–water partition coefficient (Wildman–Crippen LogP) is 5.39. The van der Waals surface area contributed by atoms with Crippen molar-refractivity contribution in [3.8, 4) is 0 Å². The fourth-order valence-corrected chi connectivity index (χ4v) is 4.46. The summed E-state index contributed by atoms with van der Waals surface area (Å²) in [6, 6.07) is 9.72. The van der Waals surface area contributed by atoms with Crippen molar-refractivity contribution in [1.29, 1.82) is 0 Å². The molecular weight excluding hydrogens is 539 g/mol. The largest absolute Gasteiger partial charge is 0.393 e. The molecule has 0 aliphatic carbocycles. The first-order chi connectivity index (χ1) is 17.4. The van der Waals surface area contributed by atoms with E-state index in [0.29, 0.717) is 0 Å². The molecule has 3 aromatic carbocycles. The topological polar surface area (TPSA) is 89.9 Å². The lowest BCUT2D eigenvalue weighted by Gasteiger charge is -2.33. The van der Waals surface area contributed by atoms with Crippen LogP contribution in [0.4, 0.5) is 28.9 Å². The normalized spacial score (nSPS) is 18.6. The van der Waals surface area contributed by atoms with Crippen LogP contribution in [0.25, 0.3) is 0 Å². The van der Waals surface area contributed by atoms with E-state index in [1.54, 1.807) is 0 Å². The predicted molar refractivity (Wildman–Crippen MR) is 129 cm³/mol. The van der Waals surface area contributed by atoms with Crippen LogP contribution in [0.3, 0.4) is 0 Å². The highest BCUT2D eigenvalue weighted by Gasteiger charge is 2.56. The van der Waals surface area contributed by atoms with Crippen molar-refractivity contribution in [3.05, 3.63) is 93.0 Å². The Kier molecular flexibility index (Phi) is 7.22. The van der Waals surface area contributed by atoms with Gasteiger partial charge in [0.1, 0.15) is 11.6 Å². The number of anilines is 2. The summed E-state index contributed by atoms with van der Waals surface area (Å²) < 4.78 is 57.8. The lowest BCUT2D eigenvalue weighted by Crippen LogP contribution is -2.48. The van der Waals surface area contributed by atoms with Crippen LogP contribution in [-0.2, 0) is 5.60 Å². The zero-order chi connectivity index (χ0) is 27.1.